The van der Waals surface area contributed by atoms with E-state index in [1.807, 2.05) is 19.1 Å². The van der Waals surface area contributed by atoms with Crippen molar-refractivity contribution in [1.29, 1.82) is 0 Å². The van der Waals surface area contributed by atoms with Crippen LogP contribution in [-0.2, 0) is 9.84 Å². The maximum absolute atomic E-state index is 12.4. The molecule has 1 aliphatic heterocycles. The summed E-state index contributed by atoms with van der Waals surface area (Å²) in [6.07, 6.45) is 1.02. The monoisotopic (exact) mass is 528 g/mol. The molecule has 0 amide bonds. The van der Waals surface area contributed by atoms with Crippen LogP contribution >= 0.6 is 24.0 Å². The minimum atomic E-state index is -3.31. The molecule has 0 radical (unpaired) electrons. The van der Waals surface area contributed by atoms with Gasteiger partial charge in [0.25, 0.3) is 0 Å². The molecule has 1 heterocycles. The number of aliphatic imine (C=N–C) groups is 1. The Balaban J connectivity index is 0.00000300. The molecule has 2 aromatic rings. The molecule has 29 heavy (non-hydrogen) atoms. The van der Waals surface area contributed by atoms with Gasteiger partial charge in [0, 0.05) is 31.4 Å². The van der Waals surface area contributed by atoms with E-state index < -0.39 is 9.84 Å². The van der Waals surface area contributed by atoms with E-state index in [9.17, 15) is 8.42 Å². The fraction of sp³-hybridized carbons (Fsp3) is 0.381. The van der Waals surface area contributed by atoms with Gasteiger partial charge in [0.2, 0.25) is 0 Å². The molecule has 0 saturated carbocycles. The van der Waals surface area contributed by atoms with Crippen LogP contribution in [0.3, 0.4) is 0 Å². The highest BCUT2D eigenvalue weighted by molar-refractivity contribution is 14.0. The quantitative estimate of drug-likeness (QED) is 0.329. The maximum Gasteiger partial charge on any atom is 0.191 e. The number of sulfone groups is 1. The van der Waals surface area contributed by atoms with Crippen LogP contribution in [0.15, 0.2) is 70.6 Å². The number of guanidine groups is 1. The molecule has 1 unspecified atom stereocenters. The van der Waals surface area contributed by atoms with Crippen LogP contribution in [0.1, 0.15) is 13.3 Å². The number of para-hydroxylation sites is 1. The van der Waals surface area contributed by atoms with Crippen LogP contribution in [0.5, 0.6) is 0 Å². The third-order valence-corrected chi connectivity index (χ3v) is 6.44. The summed E-state index contributed by atoms with van der Waals surface area (Å²) in [5, 5.41) is 6.66. The molecule has 1 fully saturated rings. The number of rotatable bonds is 7. The van der Waals surface area contributed by atoms with E-state index in [-0.39, 0.29) is 42.3 Å². The van der Waals surface area contributed by atoms with E-state index >= 15 is 0 Å². The van der Waals surface area contributed by atoms with Crippen molar-refractivity contribution in [1.82, 2.24) is 10.6 Å². The third-order valence-electron chi connectivity index (χ3n) is 4.73. The van der Waals surface area contributed by atoms with E-state index in [0.717, 1.165) is 26.1 Å². The fourth-order valence-corrected chi connectivity index (χ4v) is 4.43. The van der Waals surface area contributed by atoms with Gasteiger partial charge >= 0.3 is 0 Å². The van der Waals surface area contributed by atoms with Gasteiger partial charge in [-0.3, -0.25) is 4.99 Å². The number of anilines is 1. The minimum Gasteiger partial charge on any atom is -0.369 e. The number of halogens is 1. The summed E-state index contributed by atoms with van der Waals surface area (Å²) >= 11 is 0. The van der Waals surface area contributed by atoms with Gasteiger partial charge < -0.3 is 15.5 Å². The Morgan fingerprint density at radius 1 is 1.10 bits per heavy atom. The van der Waals surface area contributed by atoms with E-state index in [0.29, 0.717) is 10.9 Å². The molecule has 0 aliphatic carbocycles. The van der Waals surface area contributed by atoms with Gasteiger partial charge in [-0.2, -0.15) is 0 Å². The molecule has 8 heteroatoms. The van der Waals surface area contributed by atoms with Crippen molar-refractivity contribution in [2.45, 2.75) is 24.3 Å². The van der Waals surface area contributed by atoms with Crippen LogP contribution < -0.4 is 15.5 Å². The van der Waals surface area contributed by atoms with Crippen molar-refractivity contribution >= 4 is 45.5 Å². The Morgan fingerprint density at radius 3 is 2.41 bits per heavy atom. The zero-order valence-corrected chi connectivity index (χ0v) is 19.8. The second-order valence-electron chi connectivity index (χ2n) is 6.80. The largest absolute Gasteiger partial charge is 0.369 e. The number of hydrogen-bond donors (Lipinski definition) is 2. The Bertz CT molecular complexity index is 876. The van der Waals surface area contributed by atoms with Gasteiger partial charge in [0.15, 0.2) is 15.8 Å². The van der Waals surface area contributed by atoms with E-state index in [1.54, 1.807) is 24.3 Å². The Hall–Kier alpha value is -1.81. The summed E-state index contributed by atoms with van der Waals surface area (Å²) in [6, 6.07) is 19.2. The molecule has 0 spiro atoms. The lowest BCUT2D eigenvalue weighted by Gasteiger charge is -2.20. The summed E-state index contributed by atoms with van der Waals surface area (Å²) in [5.74, 6) is 0.666. The van der Waals surface area contributed by atoms with Crippen molar-refractivity contribution in [3.05, 3.63) is 60.7 Å². The van der Waals surface area contributed by atoms with Gasteiger partial charge in [-0.15, -0.1) is 24.0 Å². The van der Waals surface area contributed by atoms with Crippen LogP contribution in [-0.4, -0.2) is 52.4 Å². The first kappa shape index (κ1) is 23.5. The van der Waals surface area contributed by atoms with Gasteiger partial charge in [-0.05, 0) is 37.6 Å². The lowest BCUT2D eigenvalue weighted by Crippen LogP contribution is -2.44. The SMILES string of the molecule is CCNC(=NCCS(=O)(=O)c1ccccc1)NC1CCN(c2ccccc2)C1.I. The van der Waals surface area contributed by atoms with Crippen LogP contribution in [0.2, 0.25) is 0 Å². The number of nitrogens with zero attached hydrogens (tertiary/aromatic N) is 2. The molecule has 2 aromatic carbocycles. The Morgan fingerprint density at radius 2 is 1.76 bits per heavy atom. The second-order valence-corrected chi connectivity index (χ2v) is 8.91. The van der Waals surface area contributed by atoms with E-state index in [2.05, 4.69) is 44.8 Å². The molecule has 1 atom stereocenters. The zero-order chi connectivity index (χ0) is 19.8. The topological polar surface area (TPSA) is 73.8 Å². The van der Waals surface area contributed by atoms with Crippen molar-refractivity contribution in [2.75, 3.05) is 36.8 Å². The lowest BCUT2D eigenvalue weighted by molar-refractivity contribution is 0.595. The Labute approximate surface area is 190 Å². The molecular weight excluding hydrogens is 499 g/mol. The van der Waals surface area contributed by atoms with Gasteiger partial charge in [0.05, 0.1) is 17.2 Å². The smallest absolute Gasteiger partial charge is 0.191 e. The lowest BCUT2D eigenvalue weighted by atomic mass is 10.3. The highest BCUT2D eigenvalue weighted by Crippen LogP contribution is 2.19. The third kappa shape index (κ3) is 6.88. The highest BCUT2D eigenvalue weighted by Gasteiger charge is 2.23. The van der Waals surface area contributed by atoms with Gasteiger partial charge in [0.1, 0.15) is 0 Å². The first-order valence-electron chi connectivity index (χ1n) is 9.71. The molecule has 158 valence electrons. The number of benzene rings is 2. The van der Waals surface area contributed by atoms with Crippen molar-refractivity contribution < 1.29 is 8.42 Å². The molecule has 0 bridgehead atoms. The van der Waals surface area contributed by atoms with Crippen LogP contribution in [0, 0.1) is 0 Å². The zero-order valence-electron chi connectivity index (χ0n) is 16.6. The molecule has 1 saturated heterocycles. The molecule has 0 aromatic heterocycles. The fourth-order valence-electron chi connectivity index (χ4n) is 3.29. The van der Waals surface area contributed by atoms with Crippen molar-refractivity contribution in [3.8, 4) is 0 Å². The van der Waals surface area contributed by atoms with Gasteiger partial charge in [-0.25, -0.2) is 8.42 Å². The molecule has 1 aliphatic rings. The van der Waals surface area contributed by atoms with Crippen molar-refractivity contribution in [3.63, 3.8) is 0 Å². The van der Waals surface area contributed by atoms with E-state index in [4.69, 9.17) is 0 Å². The number of hydrogen-bond acceptors (Lipinski definition) is 4. The summed E-state index contributed by atoms with van der Waals surface area (Å²) < 4.78 is 24.8. The van der Waals surface area contributed by atoms with Gasteiger partial charge in [-0.1, -0.05) is 36.4 Å². The van der Waals surface area contributed by atoms with Crippen LogP contribution in [0.4, 0.5) is 5.69 Å². The van der Waals surface area contributed by atoms with Crippen molar-refractivity contribution in [2.24, 2.45) is 4.99 Å². The van der Waals surface area contributed by atoms with Crippen LogP contribution in [0.25, 0.3) is 0 Å². The summed E-state index contributed by atoms with van der Waals surface area (Å²) in [6.45, 7) is 4.84. The first-order chi connectivity index (χ1) is 13.6. The minimum absolute atomic E-state index is 0. The first-order valence-corrected chi connectivity index (χ1v) is 11.4. The number of nitrogens with one attached hydrogen (secondary N) is 2. The Kier molecular flexibility index (Phi) is 9.22. The summed E-state index contributed by atoms with van der Waals surface area (Å²) in [4.78, 5) is 7.18. The predicted octanol–water partition coefficient (Wildman–Crippen LogP) is 2.91. The standard InChI is InChI=1S/C21H28N4O2S.HI/c1-2-22-21(23-14-16-28(26,27)20-11-7-4-8-12-20)24-18-13-15-25(17-18)19-9-5-3-6-10-19;/h3-12,18H,2,13-17H2,1H3,(H2,22,23,24);1H. The normalized spacial score (nSPS) is 16.9. The molecule has 2 N–H and O–H groups in total. The average molecular weight is 528 g/mol. The molecule has 6 nitrogen and oxygen atoms in total. The molecular formula is C21H29IN4O2S. The maximum atomic E-state index is 12.4. The predicted molar refractivity (Wildman–Crippen MR) is 130 cm³/mol. The second kappa shape index (κ2) is 11.4. The average Bonchev–Trinajstić information content (AvgIpc) is 3.18. The molecule has 3 rings (SSSR count). The van der Waals surface area contributed by atoms with E-state index in [1.165, 1.54) is 5.69 Å². The highest BCUT2D eigenvalue weighted by atomic mass is 127. The summed E-state index contributed by atoms with van der Waals surface area (Å²) in [7, 11) is -3.31. The summed E-state index contributed by atoms with van der Waals surface area (Å²) in [5.41, 5.74) is 1.22.